The van der Waals surface area contributed by atoms with E-state index in [0.29, 0.717) is 18.2 Å². The van der Waals surface area contributed by atoms with Crippen molar-refractivity contribution in [1.82, 2.24) is 16.0 Å². The number of benzene rings is 1. The second kappa shape index (κ2) is 9.46. The van der Waals surface area contributed by atoms with Gasteiger partial charge in [0.1, 0.15) is 6.04 Å². The first kappa shape index (κ1) is 21.6. The quantitative estimate of drug-likeness (QED) is 0.331. The number of hydrogen-bond acceptors (Lipinski definition) is 6. The van der Waals surface area contributed by atoms with Crippen LogP contribution in [0.25, 0.3) is 0 Å². The first-order valence-corrected chi connectivity index (χ1v) is 8.03. The zero-order valence-electron chi connectivity index (χ0n) is 14.9. The van der Waals surface area contributed by atoms with Gasteiger partial charge < -0.3 is 14.9 Å². The van der Waals surface area contributed by atoms with Crippen molar-refractivity contribution in [2.24, 2.45) is 0 Å². The number of aliphatic hydroxyl groups is 1. The predicted molar refractivity (Wildman–Crippen MR) is 94.5 cm³/mol. The lowest BCUT2D eigenvalue weighted by Gasteiger charge is -2.30. The zero-order valence-corrected chi connectivity index (χ0v) is 14.9. The molecule has 1 aromatic carbocycles. The number of hydroxylamine groups is 1. The molecule has 0 spiro atoms. The fraction of sp³-hybridized carbons (Fsp3) is 0.211. The molecule has 1 heterocycles. The van der Waals surface area contributed by atoms with Crippen LogP contribution in [0.5, 0.6) is 0 Å². The van der Waals surface area contributed by atoms with E-state index in [1.165, 1.54) is 30.5 Å². The van der Waals surface area contributed by atoms with Gasteiger partial charge in [0.05, 0.1) is 6.20 Å². The van der Waals surface area contributed by atoms with Crippen molar-refractivity contribution < 1.29 is 33.2 Å². The third-order valence-corrected chi connectivity index (χ3v) is 3.71. The maximum absolute atomic E-state index is 13.0. The molecule has 0 bridgehead atoms. The van der Waals surface area contributed by atoms with Gasteiger partial charge in [0, 0.05) is 17.2 Å². The van der Waals surface area contributed by atoms with Crippen LogP contribution < -0.4 is 10.8 Å². The Morgan fingerprint density at radius 3 is 2.38 bits per heavy atom. The minimum Gasteiger partial charge on any atom is -0.381 e. The van der Waals surface area contributed by atoms with Crippen LogP contribution in [0.3, 0.4) is 0 Å². The lowest BCUT2D eigenvalue weighted by Crippen LogP contribution is -2.61. The number of alkyl halides is 2. The minimum atomic E-state index is -3.36. The Hall–Kier alpha value is -3.73. The maximum atomic E-state index is 13.0. The van der Waals surface area contributed by atoms with Crippen LogP contribution in [-0.2, 0) is 4.79 Å². The Morgan fingerprint density at radius 1 is 1.17 bits per heavy atom. The Bertz CT molecular complexity index is 981. The molecule has 1 aromatic heterocycles. The molecule has 0 radical (unpaired) electrons. The smallest absolute Gasteiger partial charge is 0.269 e. The molecule has 10 heteroatoms. The van der Waals surface area contributed by atoms with E-state index in [4.69, 9.17) is 9.73 Å². The number of rotatable bonds is 5. The number of carbonyl (C=O) groups is 2. The van der Waals surface area contributed by atoms with Crippen LogP contribution in [0, 0.1) is 23.7 Å². The first-order valence-electron chi connectivity index (χ1n) is 8.03. The van der Waals surface area contributed by atoms with Gasteiger partial charge in [-0.3, -0.25) is 14.8 Å². The number of carbonyl (C=O) groups excluding carboxylic acids is 2. The Balaban J connectivity index is 2.10. The molecule has 0 fully saturated rings. The first-order chi connectivity index (χ1) is 13.8. The molecule has 2 rings (SSSR count). The van der Waals surface area contributed by atoms with Crippen LogP contribution in [0.4, 0.5) is 8.78 Å². The van der Waals surface area contributed by atoms with E-state index in [1.54, 1.807) is 6.07 Å². The van der Waals surface area contributed by atoms with Crippen LogP contribution in [0.15, 0.2) is 41.1 Å². The average molecular weight is 403 g/mol. The Labute approximate surface area is 163 Å². The van der Waals surface area contributed by atoms with Crippen molar-refractivity contribution in [1.29, 1.82) is 0 Å². The zero-order chi connectivity index (χ0) is 21.4. The monoisotopic (exact) mass is 403 g/mol. The van der Waals surface area contributed by atoms with E-state index in [9.17, 15) is 23.5 Å². The summed E-state index contributed by atoms with van der Waals surface area (Å²) in [5, 5.41) is 24.0. The van der Waals surface area contributed by atoms with Crippen molar-refractivity contribution in [2.45, 2.75) is 25.0 Å². The highest BCUT2D eigenvalue weighted by atomic mass is 19.3. The standard InChI is InChI=1S/C19H15F2N3O5/c1-19(27,18(20)21)15(17(26)24-28)23-16(25)13-8-6-12(7-9-13)4-2-3-5-14-10-11-22-29-14/h6-11,15,18,27-28H,1H3,(H,23,25)(H,24,26). The fourth-order valence-corrected chi connectivity index (χ4v) is 2.06. The summed E-state index contributed by atoms with van der Waals surface area (Å²) in [7, 11) is 0. The van der Waals surface area contributed by atoms with Crippen molar-refractivity contribution in [3.05, 3.63) is 53.4 Å². The van der Waals surface area contributed by atoms with E-state index in [0.717, 1.165) is 5.48 Å². The molecule has 29 heavy (non-hydrogen) atoms. The van der Waals surface area contributed by atoms with Crippen LogP contribution in [0.2, 0.25) is 0 Å². The minimum absolute atomic E-state index is 0.0177. The van der Waals surface area contributed by atoms with Crippen LogP contribution >= 0.6 is 0 Å². The highest BCUT2D eigenvalue weighted by Crippen LogP contribution is 2.20. The summed E-state index contributed by atoms with van der Waals surface area (Å²) < 4.78 is 30.8. The number of nitrogens with one attached hydrogen (secondary N) is 2. The van der Waals surface area contributed by atoms with Gasteiger partial charge in [-0.1, -0.05) is 11.1 Å². The van der Waals surface area contributed by atoms with Crippen LogP contribution in [-0.4, -0.2) is 45.4 Å². The lowest BCUT2D eigenvalue weighted by atomic mass is 9.95. The fourth-order valence-electron chi connectivity index (χ4n) is 2.06. The summed E-state index contributed by atoms with van der Waals surface area (Å²) in [6, 6.07) is 5.11. The van der Waals surface area contributed by atoms with Gasteiger partial charge in [0.2, 0.25) is 5.76 Å². The van der Waals surface area contributed by atoms with Crippen molar-refractivity contribution in [2.75, 3.05) is 0 Å². The van der Waals surface area contributed by atoms with Gasteiger partial charge in [-0.2, -0.15) is 0 Å². The van der Waals surface area contributed by atoms with E-state index in [1.807, 2.05) is 5.32 Å². The van der Waals surface area contributed by atoms with Crippen molar-refractivity contribution in [3.8, 4) is 23.7 Å². The molecule has 8 nitrogen and oxygen atoms in total. The second-order valence-electron chi connectivity index (χ2n) is 5.86. The predicted octanol–water partition coefficient (Wildman–Crippen LogP) is 0.698. The molecular formula is C19H15F2N3O5. The number of halogens is 2. The van der Waals surface area contributed by atoms with E-state index in [-0.39, 0.29) is 5.56 Å². The normalized spacial score (nSPS) is 13.2. The summed E-state index contributed by atoms with van der Waals surface area (Å²) in [6.45, 7) is 0.663. The lowest BCUT2D eigenvalue weighted by molar-refractivity contribution is -0.149. The van der Waals surface area contributed by atoms with E-state index < -0.39 is 29.9 Å². The number of hydrogen-bond donors (Lipinski definition) is 4. The van der Waals surface area contributed by atoms with Gasteiger partial charge in [-0.15, -0.1) is 0 Å². The summed E-state index contributed by atoms with van der Waals surface area (Å²) in [5.74, 6) is 8.54. The number of amides is 2. The van der Waals surface area contributed by atoms with Crippen molar-refractivity contribution in [3.63, 3.8) is 0 Å². The van der Waals surface area contributed by atoms with E-state index in [2.05, 4.69) is 28.8 Å². The van der Waals surface area contributed by atoms with Crippen molar-refractivity contribution >= 4 is 11.8 Å². The molecule has 4 N–H and O–H groups in total. The third kappa shape index (κ3) is 5.62. The molecule has 0 saturated heterocycles. The molecule has 0 aliphatic rings. The molecular weight excluding hydrogens is 388 g/mol. The highest BCUT2D eigenvalue weighted by molar-refractivity contribution is 5.97. The summed E-state index contributed by atoms with van der Waals surface area (Å²) in [4.78, 5) is 23.8. The van der Waals surface area contributed by atoms with Gasteiger partial charge in [-0.05, 0) is 49.0 Å². The number of nitrogens with zero attached hydrogens (tertiary/aromatic N) is 1. The molecule has 2 amide bonds. The molecule has 2 atom stereocenters. The average Bonchev–Trinajstić information content (AvgIpc) is 3.22. The van der Waals surface area contributed by atoms with Gasteiger partial charge in [0.25, 0.3) is 18.2 Å². The highest BCUT2D eigenvalue weighted by Gasteiger charge is 2.46. The van der Waals surface area contributed by atoms with Gasteiger partial charge in [-0.25, -0.2) is 14.3 Å². The molecule has 0 aliphatic heterocycles. The summed E-state index contributed by atoms with van der Waals surface area (Å²) in [6.07, 6.45) is -1.92. The van der Waals surface area contributed by atoms with Gasteiger partial charge >= 0.3 is 0 Å². The van der Waals surface area contributed by atoms with Gasteiger partial charge in [0.15, 0.2) is 5.60 Å². The van der Waals surface area contributed by atoms with Crippen LogP contribution in [0.1, 0.15) is 28.6 Å². The topological polar surface area (TPSA) is 125 Å². The molecule has 0 aliphatic carbocycles. The summed E-state index contributed by atoms with van der Waals surface area (Å²) in [5.41, 5.74) is -1.24. The largest absolute Gasteiger partial charge is 0.381 e. The third-order valence-electron chi connectivity index (χ3n) is 3.71. The Morgan fingerprint density at radius 2 is 1.83 bits per heavy atom. The molecule has 150 valence electrons. The molecule has 0 saturated carbocycles. The summed E-state index contributed by atoms with van der Waals surface area (Å²) >= 11 is 0. The molecule has 2 aromatic rings. The van der Waals surface area contributed by atoms with E-state index >= 15 is 0 Å². The molecule has 2 unspecified atom stereocenters. The Kier molecular flexibility index (Phi) is 7.04. The second-order valence-corrected chi connectivity index (χ2v) is 5.86. The SMILES string of the molecule is CC(O)(C(F)F)C(NC(=O)c1ccc(C#CC#Cc2ccno2)cc1)C(=O)NO. The number of aromatic nitrogens is 1. The maximum Gasteiger partial charge on any atom is 0.269 e.